The number of allylic oxidation sites excluding steroid dienone is 1. The lowest BCUT2D eigenvalue weighted by molar-refractivity contribution is -0.186. The van der Waals surface area contributed by atoms with Gasteiger partial charge in [-0.1, -0.05) is 76.7 Å². The van der Waals surface area contributed by atoms with E-state index in [1.807, 2.05) is 26.8 Å². The minimum atomic E-state index is -0.431. The van der Waals surface area contributed by atoms with E-state index in [1.54, 1.807) is 0 Å². The maximum atomic E-state index is 11.8. The normalized spacial score (nSPS) is 17.8. The standard InChI is InChI=1S/C28H51NO4/c1-5-6-7-8-12-15-18-21-24-25(32-26(24)30)22-19-16-13-10-9-11-14-17-20-23-29-27(31)33-28(2,3)4/h5,24-25H,1,6-23H2,2-4H3,(H,29,31)/t24-,25-/m1/s1. The number of rotatable bonds is 20. The third kappa shape index (κ3) is 15.9. The minimum Gasteiger partial charge on any atom is -0.461 e. The molecule has 1 aliphatic heterocycles. The van der Waals surface area contributed by atoms with Crippen molar-refractivity contribution in [2.24, 2.45) is 5.92 Å². The summed E-state index contributed by atoms with van der Waals surface area (Å²) < 4.78 is 10.6. The number of hydrogen-bond acceptors (Lipinski definition) is 4. The third-order valence-corrected chi connectivity index (χ3v) is 6.28. The van der Waals surface area contributed by atoms with Gasteiger partial charge in [-0.05, 0) is 59.3 Å². The fourth-order valence-corrected chi connectivity index (χ4v) is 4.36. The van der Waals surface area contributed by atoms with E-state index in [1.165, 1.54) is 70.6 Å². The maximum absolute atomic E-state index is 11.8. The van der Waals surface area contributed by atoms with E-state index in [4.69, 9.17) is 9.47 Å². The molecule has 0 aromatic heterocycles. The largest absolute Gasteiger partial charge is 0.461 e. The van der Waals surface area contributed by atoms with Gasteiger partial charge in [0.05, 0.1) is 5.92 Å². The number of unbranched alkanes of at least 4 members (excludes halogenated alkanes) is 13. The number of nitrogens with one attached hydrogen (secondary N) is 1. The quantitative estimate of drug-likeness (QED) is 0.113. The highest BCUT2D eigenvalue weighted by Crippen LogP contribution is 2.31. The lowest BCUT2D eigenvalue weighted by Gasteiger charge is -2.35. The molecule has 192 valence electrons. The molecule has 0 unspecified atom stereocenters. The molecule has 5 heteroatoms. The summed E-state index contributed by atoms with van der Waals surface area (Å²) in [6, 6.07) is 0. The van der Waals surface area contributed by atoms with Crippen LogP contribution in [0.2, 0.25) is 0 Å². The average Bonchev–Trinajstić information content (AvgIpc) is 2.74. The van der Waals surface area contributed by atoms with Gasteiger partial charge in [-0.15, -0.1) is 6.58 Å². The van der Waals surface area contributed by atoms with Gasteiger partial charge in [0.15, 0.2) is 0 Å². The maximum Gasteiger partial charge on any atom is 0.407 e. The Labute approximate surface area is 203 Å². The van der Waals surface area contributed by atoms with Crippen LogP contribution in [-0.4, -0.2) is 30.3 Å². The molecular weight excluding hydrogens is 414 g/mol. The summed E-state index contributed by atoms with van der Waals surface area (Å²) in [6.07, 6.45) is 22.1. The zero-order chi connectivity index (χ0) is 24.4. The molecule has 1 rings (SSSR count). The smallest absolute Gasteiger partial charge is 0.407 e. The van der Waals surface area contributed by atoms with Crippen molar-refractivity contribution >= 4 is 12.1 Å². The molecule has 1 N–H and O–H groups in total. The summed E-state index contributed by atoms with van der Waals surface area (Å²) in [7, 11) is 0. The van der Waals surface area contributed by atoms with Crippen LogP contribution >= 0.6 is 0 Å². The topological polar surface area (TPSA) is 64.6 Å². The van der Waals surface area contributed by atoms with Crippen LogP contribution in [0.15, 0.2) is 12.7 Å². The van der Waals surface area contributed by atoms with Crippen LogP contribution in [0, 0.1) is 5.92 Å². The lowest BCUT2D eigenvalue weighted by atomic mass is 9.87. The Morgan fingerprint density at radius 3 is 1.94 bits per heavy atom. The molecule has 0 aliphatic carbocycles. The Kier molecular flexibility index (Phi) is 16.0. The Hall–Kier alpha value is -1.52. The van der Waals surface area contributed by atoms with Crippen molar-refractivity contribution in [2.75, 3.05) is 6.54 Å². The van der Waals surface area contributed by atoms with Gasteiger partial charge in [0.1, 0.15) is 11.7 Å². The number of alkyl carbamates (subject to hydrolysis) is 1. The van der Waals surface area contributed by atoms with E-state index < -0.39 is 5.60 Å². The van der Waals surface area contributed by atoms with Crippen LogP contribution in [-0.2, 0) is 14.3 Å². The molecule has 0 aromatic carbocycles. The van der Waals surface area contributed by atoms with E-state index in [9.17, 15) is 9.59 Å². The second kappa shape index (κ2) is 17.9. The summed E-state index contributed by atoms with van der Waals surface area (Å²) >= 11 is 0. The molecular formula is C28H51NO4. The minimum absolute atomic E-state index is 0.0351. The first-order chi connectivity index (χ1) is 15.8. The molecule has 1 amide bonds. The van der Waals surface area contributed by atoms with Crippen LogP contribution in [0.1, 0.15) is 130 Å². The highest BCUT2D eigenvalue weighted by molar-refractivity contribution is 5.78. The summed E-state index contributed by atoms with van der Waals surface area (Å²) in [6.45, 7) is 10.1. The summed E-state index contributed by atoms with van der Waals surface area (Å²) in [5.41, 5.74) is -0.431. The van der Waals surface area contributed by atoms with E-state index in [0.29, 0.717) is 6.54 Å². The van der Waals surface area contributed by atoms with Crippen LogP contribution in [0.5, 0.6) is 0 Å². The van der Waals surface area contributed by atoms with Crippen molar-refractivity contribution in [2.45, 2.75) is 142 Å². The SMILES string of the molecule is C=CCCCCCCC[C@H]1C(=O)O[C@@H]1CCCCCCCCCCCNC(=O)OC(C)(C)C. The van der Waals surface area contributed by atoms with Crippen LogP contribution in [0.25, 0.3) is 0 Å². The molecule has 1 saturated heterocycles. The highest BCUT2D eigenvalue weighted by atomic mass is 16.6. The molecule has 0 saturated carbocycles. The number of ether oxygens (including phenoxy) is 2. The number of hydrogen-bond donors (Lipinski definition) is 1. The summed E-state index contributed by atoms with van der Waals surface area (Å²) in [4.78, 5) is 23.3. The zero-order valence-corrected chi connectivity index (χ0v) is 21.8. The molecule has 0 aromatic rings. The van der Waals surface area contributed by atoms with Crippen LogP contribution in [0.4, 0.5) is 4.79 Å². The van der Waals surface area contributed by atoms with E-state index >= 15 is 0 Å². The summed E-state index contributed by atoms with van der Waals surface area (Å²) in [5, 5.41) is 2.82. The molecule has 5 nitrogen and oxygen atoms in total. The highest BCUT2D eigenvalue weighted by Gasteiger charge is 2.40. The molecule has 0 bridgehead atoms. The fraction of sp³-hybridized carbons (Fsp3) is 0.857. The van der Waals surface area contributed by atoms with Gasteiger partial charge in [0.25, 0.3) is 0 Å². The van der Waals surface area contributed by atoms with Gasteiger partial charge < -0.3 is 14.8 Å². The Morgan fingerprint density at radius 1 is 0.879 bits per heavy atom. The van der Waals surface area contributed by atoms with Crippen molar-refractivity contribution in [3.63, 3.8) is 0 Å². The number of amides is 1. The average molecular weight is 466 g/mol. The first kappa shape index (κ1) is 29.5. The van der Waals surface area contributed by atoms with Crippen LogP contribution in [0.3, 0.4) is 0 Å². The number of cyclic esters (lactones) is 1. The zero-order valence-electron chi connectivity index (χ0n) is 21.8. The first-order valence-corrected chi connectivity index (χ1v) is 13.6. The van der Waals surface area contributed by atoms with E-state index in [0.717, 1.165) is 38.5 Å². The van der Waals surface area contributed by atoms with E-state index in [-0.39, 0.29) is 24.1 Å². The van der Waals surface area contributed by atoms with Crippen molar-refractivity contribution in [1.29, 1.82) is 0 Å². The second-order valence-corrected chi connectivity index (χ2v) is 10.6. The van der Waals surface area contributed by atoms with Crippen molar-refractivity contribution in [3.05, 3.63) is 12.7 Å². The predicted octanol–water partition coefficient (Wildman–Crippen LogP) is 7.87. The molecule has 0 spiro atoms. The van der Waals surface area contributed by atoms with Gasteiger partial charge in [-0.25, -0.2) is 4.79 Å². The fourth-order valence-electron chi connectivity index (χ4n) is 4.36. The van der Waals surface area contributed by atoms with Gasteiger partial charge in [-0.2, -0.15) is 0 Å². The van der Waals surface area contributed by atoms with Gasteiger partial charge in [0, 0.05) is 6.54 Å². The monoisotopic (exact) mass is 465 g/mol. The third-order valence-electron chi connectivity index (χ3n) is 6.28. The van der Waals surface area contributed by atoms with Crippen LogP contribution < -0.4 is 5.32 Å². The second-order valence-electron chi connectivity index (χ2n) is 10.6. The summed E-state index contributed by atoms with van der Waals surface area (Å²) in [5.74, 6) is 0.205. The van der Waals surface area contributed by atoms with Gasteiger partial charge >= 0.3 is 12.1 Å². The van der Waals surface area contributed by atoms with Gasteiger partial charge in [-0.3, -0.25) is 4.79 Å². The lowest BCUT2D eigenvalue weighted by Crippen LogP contribution is -2.44. The predicted molar refractivity (Wildman–Crippen MR) is 136 cm³/mol. The first-order valence-electron chi connectivity index (χ1n) is 13.6. The molecule has 1 aliphatic rings. The Morgan fingerprint density at radius 2 is 1.39 bits per heavy atom. The molecule has 33 heavy (non-hydrogen) atoms. The molecule has 0 radical (unpaired) electrons. The molecule has 1 heterocycles. The number of esters is 1. The van der Waals surface area contributed by atoms with Crippen molar-refractivity contribution in [3.8, 4) is 0 Å². The Balaban J connectivity index is 1.87. The van der Waals surface area contributed by atoms with Crippen molar-refractivity contribution in [1.82, 2.24) is 5.32 Å². The molecule has 2 atom stereocenters. The number of carbonyl (C=O) groups excluding carboxylic acids is 2. The number of carbonyl (C=O) groups is 2. The Bertz CT molecular complexity index is 541. The van der Waals surface area contributed by atoms with Gasteiger partial charge in [0.2, 0.25) is 0 Å². The van der Waals surface area contributed by atoms with Crippen molar-refractivity contribution < 1.29 is 19.1 Å². The molecule has 1 fully saturated rings. The van der Waals surface area contributed by atoms with E-state index in [2.05, 4.69) is 11.9 Å².